The van der Waals surface area contributed by atoms with Crippen molar-refractivity contribution in [1.29, 1.82) is 0 Å². The van der Waals surface area contributed by atoms with Crippen molar-refractivity contribution in [3.05, 3.63) is 44.5 Å². The van der Waals surface area contributed by atoms with Crippen molar-refractivity contribution in [1.82, 2.24) is 39.5 Å². The van der Waals surface area contributed by atoms with Crippen LogP contribution in [0.3, 0.4) is 0 Å². The number of ether oxygens (including phenoxy) is 2. The Labute approximate surface area is 242 Å². The molecule has 0 aliphatic carbocycles. The van der Waals surface area contributed by atoms with Crippen LogP contribution in [0.5, 0.6) is 12.0 Å². The van der Waals surface area contributed by atoms with Gasteiger partial charge in [0.25, 0.3) is 11.1 Å². The minimum Gasteiger partial charge on any atom is -0.467 e. The first-order valence-corrected chi connectivity index (χ1v) is 14.0. The van der Waals surface area contributed by atoms with Gasteiger partial charge in [-0.2, -0.15) is 9.97 Å². The molecule has 218 valence electrons. The lowest BCUT2D eigenvalue weighted by atomic mass is 9.92. The van der Waals surface area contributed by atoms with Crippen molar-refractivity contribution in [3.8, 4) is 12.0 Å². The highest BCUT2D eigenvalue weighted by molar-refractivity contribution is 9.09. The molecule has 4 rings (SSSR count). The molecule has 0 saturated carbocycles. The summed E-state index contributed by atoms with van der Waals surface area (Å²) >= 11 is 3.25. The summed E-state index contributed by atoms with van der Waals surface area (Å²) in [5.74, 6) is 0. The Kier molecular flexibility index (Phi) is 11.2. The second-order valence-corrected chi connectivity index (χ2v) is 11.6. The van der Waals surface area contributed by atoms with E-state index in [-0.39, 0.29) is 34.0 Å². The van der Waals surface area contributed by atoms with E-state index in [9.17, 15) is 9.59 Å². The van der Waals surface area contributed by atoms with Crippen LogP contribution in [0.1, 0.15) is 73.2 Å². The zero-order valence-corrected chi connectivity index (χ0v) is 26.5. The molecular formula is C27H39BrN8O4. The zero-order valence-electron chi connectivity index (χ0n) is 24.9. The largest absolute Gasteiger partial charge is 0.467 e. The van der Waals surface area contributed by atoms with Gasteiger partial charge < -0.3 is 14.5 Å². The molecule has 4 heterocycles. The van der Waals surface area contributed by atoms with Crippen LogP contribution in [0.4, 0.5) is 0 Å². The summed E-state index contributed by atoms with van der Waals surface area (Å²) in [5, 5.41) is 1.13. The predicted octanol–water partition coefficient (Wildman–Crippen LogP) is 4.32. The molecule has 4 aromatic heterocycles. The number of alkyl halides is 1. The van der Waals surface area contributed by atoms with Gasteiger partial charge >= 0.3 is 12.0 Å². The number of fused-ring (bicyclic) bond motifs is 2. The van der Waals surface area contributed by atoms with E-state index in [0.717, 1.165) is 5.33 Å². The summed E-state index contributed by atoms with van der Waals surface area (Å²) < 4.78 is 11.5. The standard InChI is InChI=1S/C13H18N4O2.C11H14N4O2.C3H7Br/c1-6-17-10-8(7-14-12(16-10)19-5)15-9(11(17)18)13(2,3)4;1-11(2,3)7-9(16)14-8-6(13-7)5-12-10(15-8)17-4;1-2-3-4/h7H,6H2,1-5H3;5H,1-4H3,(H,12,14,15,16);2-3H2,1H3. The topological polar surface area (TPSA) is 151 Å². The number of nitrogens with one attached hydrogen (secondary N) is 1. The van der Waals surface area contributed by atoms with Crippen molar-refractivity contribution in [2.24, 2.45) is 0 Å². The van der Waals surface area contributed by atoms with Crippen molar-refractivity contribution < 1.29 is 9.47 Å². The molecule has 13 heteroatoms. The van der Waals surface area contributed by atoms with Crippen LogP contribution >= 0.6 is 15.9 Å². The highest BCUT2D eigenvalue weighted by Gasteiger charge is 2.23. The molecule has 0 radical (unpaired) electrons. The number of rotatable bonds is 4. The molecule has 40 heavy (non-hydrogen) atoms. The van der Waals surface area contributed by atoms with Crippen molar-refractivity contribution >= 4 is 38.3 Å². The van der Waals surface area contributed by atoms with Gasteiger partial charge in [0, 0.05) is 22.7 Å². The van der Waals surface area contributed by atoms with Gasteiger partial charge in [0.1, 0.15) is 22.4 Å². The van der Waals surface area contributed by atoms with Gasteiger partial charge in [-0.05, 0) is 13.3 Å². The Morgan fingerprint density at radius 1 is 0.825 bits per heavy atom. The minimum atomic E-state index is -0.318. The maximum absolute atomic E-state index is 12.5. The SMILES string of the molecule is CCCBr.CCn1c(=O)c(C(C)(C)C)nc2cnc(OC)nc21.COc1ncc2nc(C(C)(C)C)c(=O)[nH]c2n1. The van der Waals surface area contributed by atoms with Gasteiger partial charge in [-0.25, -0.2) is 19.9 Å². The van der Waals surface area contributed by atoms with Gasteiger partial charge in [0.15, 0.2) is 11.3 Å². The number of H-pyrrole nitrogens is 1. The summed E-state index contributed by atoms with van der Waals surface area (Å²) in [6.07, 6.45) is 4.36. The monoisotopic (exact) mass is 618 g/mol. The molecule has 0 bridgehead atoms. The Hall–Kier alpha value is -3.48. The molecule has 4 aromatic rings. The summed E-state index contributed by atoms with van der Waals surface area (Å²) in [4.78, 5) is 52.0. The van der Waals surface area contributed by atoms with E-state index in [0.29, 0.717) is 40.3 Å². The van der Waals surface area contributed by atoms with Crippen LogP contribution in [0.2, 0.25) is 0 Å². The van der Waals surface area contributed by atoms with Crippen LogP contribution in [0.25, 0.3) is 22.3 Å². The number of hydrogen-bond donors (Lipinski definition) is 1. The zero-order chi connectivity index (χ0) is 30.3. The molecule has 0 aliphatic rings. The molecule has 0 fully saturated rings. The number of aryl methyl sites for hydroxylation is 1. The Morgan fingerprint density at radius 3 is 1.80 bits per heavy atom. The fourth-order valence-electron chi connectivity index (χ4n) is 3.38. The average molecular weight is 620 g/mol. The Morgan fingerprint density at radius 2 is 1.32 bits per heavy atom. The third-order valence-corrected chi connectivity index (χ3v) is 6.17. The quantitative estimate of drug-likeness (QED) is 0.327. The van der Waals surface area contributed by atoms with Crippen LogP contribution in [0, 0.1) is 0 Å². The van der Waals surface area contributed by atoms with E-state index in [1.54, 1.807) is 10.8 Å². The molecule has 0 aliphatic heterocycles. The highest BCUT2D eigenvalue weighted by Crippen LogP contribution is 2.20. The molecule has 0 saturated heterocycles. The van der Waals surface area contributed by atoms with E-state index < -0.39 is 0 Å². The van der Waals surface area contributed by atoms with Crippen LogP contribution in [0.15, 0.2) is 22.0 Å². The first kappa shape index (κ1) is 32.7. The summed E-state index contributed by atoms with van der Waals surface area (Å²) in [6.45, 7) is 16.3. The molecule has 0 amide bonds. The summed E-state index contributed by atoms with van der Waals surface area (Å²) in [7, 11) is 2.96. The molecular weight excluding hydrogens is 580 g/mol. The Balaban J connectivity index is 0.000000249. The van der Waals surface area contributed by atoms with Crippen molar-refractivity contribution in [2.45, 2.75) is 79.2 Å². The van der Waals surface area contributed by atoms with Gasteiger partial charge in [-0.15, -0.1) is 0 Å². The fraction of sp³-hybridized carbons (Fsp3) is 0.556. The third-order valence-electron chi connectivity index (χ3n) is 5.38. The number of aromatic amines is 1. The Bertz CT molecular complexity index is 1550. The fourth-order valence-corrected chi connectivity index (χ4v) is 3.38. The van der Waals surface area contributed by atoms with E-state index in [2.05, 4.69) is 57.7 Å². The lowest BCUT2D eigenvalue weighted by Crippen LogP contribution is -2.32. The van der Waals surface area contributed by atoms with Gasteiger partial charge in [0.05, 0.1) is 26.6 Å². The molecule has 0 atom stereocenters. The number of halogens is 1. The third kappa shape index (κ3) is 8.03. The van der Waals surface area contributed by atoms with E-state index in [4.69, 9.17) is 9.47 Å². The van der Waals surface area contributed by atoms with Crippen LogP contribution in [-0.2, 0) is 17.4 Å². The number of hydrogen-bond acceptors (Lipinski definition) is 10. The first-order chi connectivity index (χ1) is 18.7. The van der Waals surface area contributed by atoms with E-state index in [1.165, 1.54) is 26.8 Å². The number of methoxy groups -OCH3 is 2. The summed E-state index contributed by atoms with van der Waals surface area (Å²) in [5.41, 5.74) is 2.07. The van der Waals surface area contributed by atoms with Gasteiger partial charge in [-0.1, -0.05) is 64.4 Å². The average Bonchev–Trinajstić information content (AvgIpc) is 2.91. The second kappa shape index (κ2) is 13.7. The van der Waals surface area contributed by atoms with E-state index in [1.807, 2.05) is 48.5 Å². The van der Waals surface area contributed by atoms with E-state index >= 15 is 0 Å². The maximum atomic E-state index is 12.5. The predicted molar refractivity (Wildman–Crippen MR) is 160 cm³/mol. The first-order valence-electron chi connectivity index (χ1n) is 12.9. The second-order valence-electron chi connectivity index (χ2n) is 10.8. The maximum Gasteiger partial charge on any atom is 0.318 e. The van der Waals surface area contributed by atoms with Gasteiger partial charge in [0.2, 0.25) is 0 Å². The summed E-state index contributed by atoms with van der Waals surface area (Å²) in [6, 6.07) is 0.442. The van der Waals surface area contributed by atoms with Crippen LogP contribution < -0.4 is 20.6 Å². The molecule has 0 spiro atoms. The van der Waals surface area contributed by atoms with Crippen LogP contribution in [-0.4, -0.2) is 59.0 Å². The molecule has 12 nitrogen and oxygen atoms in total. The molecule has 0 aromatic carbocycles. The lowest BCUT2D eigenvalue weighted by Gasteiger charge is -2.19. The van der Waals surface area contributed by atoms with Gasteiger partial charge in [-0.3, -0.25) is 14.2 Å². The lowest BCUT2D eigenvalue weighted by molar-refractivity contribution is 0.380. The molecule has 1 N–H and O–H groups in total. The van der Waals surface area contributed by atoms with Crippen molar-refractivity contribution in [3.63, 3.8) is 0 Å². The smallest absolute Gasteiger partial charge is 0.318 e. The normalized spacial score (nSPS) is 11.4. The minimum absolute atomic E-state index is 0.108. The number of nitrogens with zero attached hydrogens (tertiary/aromatic N) is 7. The number of aromatic nitrogens is 8. The van der Waals surface area contributed by atoms with Crippen molar-refractivity contribution in [2.75, 3.05) is 19.5 Å². The molecule has 0 unspecified atom stereocenters. The highest BCUT2D eigenvalue weighted by atomic mass is 79.9.